The number of ether oxygens (including phenoxy) is 1. The minimum Gasteiger partial charge on any atom is -0.447 e. The van der Waals surface area contributed by atoms with Gasteiger partial charge in [-0.25, -0.2) is 14.8 Å². The van der Waals surface area contributed by atoms with E-state index in [0.29, 0.717) is 29.0 Å². The van der Waals surface area contributed by atoms with E-state index in [-0.39, 0.29) is 52.0 Å². The number of hydrogen-bond donors (Lipinski definition) is 1. The SMILES string of the molecule is N#CCc1nc2cc(-c3ncc(C(F)(F)F)s3)c(N)cc2c(=O)n1Cc1ccc(Cl)cc1.O=C1OCC2CCCCN12. The molecule has 2 saturated heterocycles. The number of anilines is 1. The maximum Gasteiger partial charge on any atom is 0.427 e. The maximum absolute atomic E-state index is 13.2. The van der Waals surface area contributed by atoms with Crippen LogP contribution in [0.25, 0.3) is 21.5 Å². The second kappa shape index (κ2) is 12.0. The Morgan fingerprint density at radius 2 is 1.95 bits per heavy atom. The Bertz CT molecular complexity index is 1730. The van der Waals surface area contributed by atoms with E-state index in [4.69, 9.17) is 22.1 Å². The summed E-state index contributed by atoms with van der Waals surface area (Å²) in [5, 5.41) is 10.0. The van der Waals surface area contributed by atoms with Crippen molar-refractivity contribution < 1.29 is 22.7 Å². The second-order valence-electron chi connectivity index (χ2n) is 9.78. The molecular weight excluding hydrogens is 593 g/mol. The summed E-state index contributed by atoms with van der Waals surface area (Å²) < 4.78 is 45.1. The Hall–Kier alpha value is -4.15. The third-order valence-corrected chi connectivity index (χ3v) is 8.30. The highest BCUT2D eigenvalue weighted by molar-refractivity contribution is 7.15. The lowest BCUT2D eigenvalue weighted by Crippen LogP contribution is -2.37. The van der Waals surface area contributed by atoms with E-state index < -0.39 is 16.6 Å². The van der Waals surface area contributed by atoms with Crippen molar-refractivity contribution in [2.75, 3.05) is 18.9 Å². The van der Waals surface area contributed by atoms with E-state index in [9.17, 15) is 28.0 Å². The van der Waals surface area contributed by atoms with Crippen LogP contribution in [0.3, 0.4) is 0 Å². The molecule has 0 saturated carbocycles. The zero-order valence-electron chi connectivity index (χ0n) is 22.0. The number of cyclic esters (lactones) is 1. The van der Waals surface area contributed by atoms with Gasteiger partial charge in [-0.2, -0.15) is 18.4 Å². The molecule has 2 aromatic heterocycles. The van der Waals surface area contributed by atoms with E-state index in [1.165, 1.54) is 23.1 Å². The van der Waals surface area contributed by atoms with Crippen LogP contribution in [0.2, 0.25) is 5.02 Å². The monoisotopic (exact) mass is 616 g/mol. The molecule has 2 aliphatic heterocycles. The van der Waals surface area contributed by atoms with Crippen LogP contribution in [-0.2, 0) is 23.9 Å². The van der Waals surface area contributed by atoms with Crippen LogP contribution in [0.15, 0.2) is 47.4 Å². The molecule has 1 atom stereocenters. The van der Waals surface area contributed by atoms with Crippen LogP contribution in [0.5, 0.6) is 0 Å². The molecular formula is C28H24ClF3N6O3S. The summed E-state index contributed by atoms with van der Waals surface area (Å²) in [5.74, 6) is 0.228. The molecule has 0 spiro atoms. The molecule has 4 heterocycles. The number of halogens is 4. The number of fused-ring (bicyclic) bond motifs is 2. The smallest absolute Gasteiger partial charge is 0.427 e. The first-order chi connectivity index (χ1) is 20.0. The van der Waals surface area contributed by atoms with Gasteiger partial charge in [0.1, 0.15) is 22.3 Å². The maximum atomic E-state index is 13.2. The average Bonchev–Trinajstić information content (AvgIpc) is 3.61. The molecule has 0 bridgehead atoms. The van der Waals surface area contributed by atoms with Gasteiger partial charge >= 0.3 is 12.3 Å². The summed E-state index contributed by atoms with van der Waals surface area (Å²) in [5.41, 5.74) is 7.00. The van der Waals surface area contributed by atoms with Gasteiger partial charge in [0.25, 0.3) is 5.56 Å². The molecule has 2 N–H and O–H groups in total. The first kappa shape index (κ1) is 29.3. The molecule has 42 heavy (non-hydrogen) atoms. The summed E-state index contributed by atoms with van der Waals surface area (Å²) in [7, 11) is 0. The third-order valence-electron chi connectivity index (χ3n) is 6.97. The minimum absolute atomic E-state index is 0.0608. The highest BCUT2D eigenvalue weighted by Crippen LogP contribution is 2.39. The van der Waals surface area contributed by atoms with Gasteiger partial charge in [0.05, 0.1) is 42.2 Å². The fourth-order valence-electron chi connectivity index (χ4n) is 4.85. The Balaban J connectivity index is 0.000000295. The summed E-state index contributed by atoms with van der Waals surface area (Å²) in [4.78, 5) is 33.4. The number of rotatable bonds is 4. The second-order valence-corrected chi connectivity index (χ2v) is 11.3. The molecule has 4 aromatic rings. The van der Waals surface area contributed by atoms with Crippen molar-refractivity contribution in [3.8, 4) is 16.6 Å². The zero-order chi connectivity index (χ0) is 30.0. The number of hydrogen-bond acceptors (Lipinski definition) is 8. The normalized spacial score (nSPS) is 16.4. The number of carbonyl (C=O) groups is 1. The number of aromatic nitrogens is 3. The van der Waals surface area contributed by atoms with Crippen LogP contribution in [0, 0.1) is 11.3 Å². The number of nitrogens with two attached hydrogens (primary N) is 1. The van der Waals surface area contributed by atoms with Gasteiger partial charge in [-0.1, -0.05) is 23.7 Å². The number of benzene rings is 2. The van der Waals surface area contributed by atoms with Gasteiger partial charge in [-0.3, -0.25) is 9.36 Å². The van der Waals surface area contributed by atoms with Crippen molar-refractivity contribution in [2.45, 2.75) is 44.4 Å². The van der Waals surface area contributed by atoms with Crippen molar-refractivity contribution in [3.63, 3.8) is 0 Å². The van der Waals surface area contributed by atoms with Crippen LogP contribution >= 0.6 is 22.9 Å². The number of nitrogen functional groups attached to an aromatic ring is 1. The van der Waals surface area contributed by atoms with Gasteiger partial charge in [0, 0.05) is 22.8 Å². The van der Waals surface area contributed by atoms with E-state index in [0.717, 1.165) is 31.1 Å². The lowest BCUT2D eigenvalue weighted by molar-refractivity contribution is -0.134. The molecule has 1 amide bonds. The third kappa shape index (κ3) is 6.19. The molecule has 2 aromatic carbocycles. The van der Waals surface area contributed by atoms with E-state index >= 15 is 0 Å². The Morgan fingerprint density at radius 3 is 2.62 bits per heavy atom. The summed E-state index contributed by atoms with van der Waals surface area (Å²) in [6.45, 7) is 1.70. The van der Waals surface area contributed by atoms with E-state index in [1.54, 1.807) is 24.3 Å². The molecule has 0 radical (unpaired) electrons. The number of amides is 1. The van der Waals surface area contributed by atoms with Gasteiger partial charge < -0.3 is 15.4 Å². The zero-order valence-corrected chi connectivity index (χ0v) is 23.6. The predicted octanol–water partition coefficient (Wildman–Crippen LogP) is 5.88. The number of carbonyl (C=O) groups excluding carboxylic acids is 1. The fourth-order valence-corrected chi connectivity index (χ4v) is 5.80. The molecule has 218 valence electrons. The lowest BCUT2D eigenvalue weighted by Gasteiger charge is -2.25. The van der Waals surface area contributed by atoms with Crippen molar-refractivity contribution in [1.29, 1.82) is 5.26 Å². The molecule has 0 aliphatic carbocycles. The van der Waals surface area contributed by atoms with Crippen molar-refractivity contribution in [3.05, 3.63) is 74.2 Å². The minimum atomic E-state index is -4.52. The van der Waals surface area contributed by atoms with Crippen LogP contribution in [-0.4, -0.2) is 44.7 Å². The van der Waals surface area contributed by atoms with Gasteiger partial charge in [-0.05, 0) is 49.1 Å². The van der Waals surface area contributed by atoms with Crippen LogP contribution in [0.1, 0.15) is 35.5 Å². The summed E-state index contributed by atoms with van der Waals surface area (Å²) >= 11 is 6.36. The van der Waals surface area contributed by atoms with Gasteiger partial charge in [0.15, 0.2) is 0 Å². The summed E-state index contributed by atoms with van der Waals surface area (Å²) in [6, 6.07) is 12.1. The molecule has 2 fully saturated rings. The van der Waals surface area contributed by atoms with Crippen LogP contribution < -0.4 is 11.3 Å². The summed E-state index contributed by atoms with van der Waals surface area (Å²) in [6.07, 6.45) is -0.495. The first-order valence-corrected chi connectivity index (χ1v) is 14.2. The number of thiazole rings is 1. The molecule has 14 heteroatoms. The number of nitrogens with zero attached hydrogens (tertiary/aromatic N) is 5. The van der Waals surface area contributed by atoms with Gasteiger partial charge in [-0.15, -0.1) is 11.3 Å². The average molecular weight is 617 g/mol. The number of nitriles is 1. The lowest BCUT2D eigenvalue weighted by atomic mass is 10.0. The van der Waals surface area contributed by atoms with Crippen LogP contribution in [0.4, 0.5) is 23.7 Å². The quantitative estimate of drug-likeness (QED) is 0.284. The molecule has 6 rings (SSSR count). The molecule has 1 unspecified atom stereocenters. The molecule has 9 nitrogen and oxygen atoms in total. The van der Waals surface area contributed by atoms with E-state index in [1.807, 2.05) is 11.0 Å². The number of alkyl halides is 3. The standard InChI is InChI=1S/C21H13ClF3N5OS.C7H11NO2/c22-12-3-1-11(2-4-12)10-30-18(5-6-26)29-16-8-13(15(27)7-14(16)20(30)31)19-28-9-17(32-19)21(23,24)25;9-7-8-4-2-1-3-6(8)5-10-7/h1-4,7-9H,5,10,27H2;6H,1-5H2. The predicted molar refractivity (Wildman–Crippen MR) is 152 cm³/mol. The Labute approximate surface area is 246 Å². The molecule has 2 aliphatic rings. The van der Waals surface area contributed by atoms with E-state index in [2.05, 4.69) is 9.97 Å². The van der Waals surface area contributed by atoms with Crippen molar-refractivity contribution >= 4 is 45.6 Å². The topological polar surface area (TPSA) is 127 Å². The number of piperidine rings is 1. The highest BCUT2D eigenvalue weighted by Gasteiger charge is 2.34. The van der Waals surface area contributed by atoms with Crippen molar-refractivity contribution in [2.24, 2.45) is 0 Å². The Kier molecular flexibility index (Phi) is 8.38. The van der Waals surface area contributed by atoms with Crippen molar-refractivity contribution in [1.82, 2.24) is 19.4 Å². The largest absolute Gasteiger partial charge is 0.447 e. The fraction of sp³-hybridized carbons (Fsp3) is 0.321. The highest BCUT2D eigenvalue weighted by atomic mass is 35.5. The Morgan fingerprint density at radius 1 is 1.19 bits per heavy atom. The first-order valence-electron chi connectivity index (χ1n) is 13.0. The van der Waals surface area contributed by atoms with Gasteiger partial charge in [0.2, 0.25) is 0 Å².